The van der Waals surface area contributed by atoms with Crippen LogP contribution in [0.3, 0.4) is 0 Å². The summed E-state index contributed by atoms with van der Waals surface area (Å²) in [6.45, 7) is 0.695. The zero-order valence-electron chi connectivity index (χ0n) is 15.6. The predicted octanol–water partition coefficient (Wildman–Crippen LogP) is 2.73. The Hall–Kier alpha value is -3.55. The van der Waals surface area contributed by atoms with Gasteiger partial charge in [-0.25, -0.2) is 9.97 Å². The highest BCUT2D eigenvalue weighted by molar-refractivity contribution is 5.92. The Kier molecular flexibility index (Phi) is 5.09. The number of hydrogen-bond acceptors (Lipinski definition) is 6. The number of likely N-dealkylation sites (tertiary alicyclic amines) is 1. The van der Waals surface area contributed by atoms with Crippen LogP contribution in [0.15, 0.2) is 55.3 Å². The molecule has 0 unspecified atom stereocenters. The second-order valence-electron chi connectivity index (χ2n) is 6.60. The van der Waals surface area contributed by atoms with Gasteiger partial charge in [0.1, 0.15) is 11.5 Å². The van der Waals surface area contributed by atoms with Crippen LogP contribution in [0, 0.1) is 0 Å². The van der Waals surface area contributed by atoms with Crippen molar-refractivity contribution in [3.05, 3.63) is 66.5 Å². The minimum absolute atomic E-state index is 0.0409. The van der Waals surface area contributed by atoms with Gasteiger partial charge in [-0.2, -0.15) is 5.10 Å². The van der Waals surface area contributed by atoms with Crippen molar-refractivity contribution in [2.45, 2.75) is 18.9 Å². The number of hydrogen-bond donors (Lipinski definition) is 1. The summed E-state index contributed by atoms with van der Waals surface area (Å²) in [5, 5.41) is 7.33. The first-order valence-corrected chi connectivity index (χ1v) is 9.17. The minimum atomic E-state index is -0.119. The zero-order valence-corrected chi connectivity index (χ0v) is 15.6. The number of carbonyl (C=O) groups is 1. The minimum Gasteiger partial charge on any atom is -0.330 e. The summed E-state index contributed by atoms with van der Waals surface area (Å²) in [5.74, 6) is 1.28. The largest absolute Gasteiger partial charge is 0.330 e. The molecule has 0 saturated carbocycles. The Labute approximate surface area is 163 Å². The monoisotopic (exact) mass is 375 g/mol. The van der Waals surface area contributed by atoms with Gasteiger partial charge in [-0.05, 0) is 31.1 Å². The SMILES string of the molecule is Cn1cc(/C=C/C(=O)N2CCC[C@H]2c2nccnc2Nc2ccccn2)cn1. The summed E-state index contributed by atoms with van der Waals surface area (Å²) in [6.07, 6.45) is 13.8. The summed E-state index contributed by atoms with van der Waals surface area (Å²) in [5.41, 5.74) is 1.65. The molecule has 0 radical (unpaired) electrons. The fraction of sp³-hybridized carbons (Fsp3) is 0.250. The molecule has 0 spiro atoms. The Morgan fingerprint density at radius 2 is 2.11 bits per heavy atom. The lowest BCUT2D eigenvalue weighted by atomic mass is 10.1. The summed E-state index contributed by atoms with van der Waals surface area (Å²) in [4.78, 5) is 27.9. The van der Waals surface area contributed by atoms with Gasteiger partial charge in [0.15, 0.2) is 5.82 Å². The molecule has 3 aromatic heterocycles. The Balaban J connectivity index is 1.55. The van der Waals surface area contributed by atoms with Crippen LogP contribution >= 0.6 is 0 Å². The van der Waals surface area contributed by atoms with E-state index in [2.05, 4.69) is 25.4 Å². The molecule has 1 fully saturated rings. The number of rotatable bonds is 5. The van der Waals surface area contributed by atoms with Crippen molar-refractivity contribution < 1.29 is 4.79 Å². The first-order chi connectivity index (χ1) is 13.7. The number of amides is 1. The normalized spacial score (nSPS) is 16.6. The number of nitrogens with one attached hydrogen (secondary N) is 1. The van der Waals surface area contributed by atoms with E-state index in [-0.39, 0.29) is 11.9 Å². The van der Waals surface area contributed by atoms with Crippen molar-refractivity contribution in [1.82, 2.24) is 29.6 Å². The van der Waals surface area contributed by atoms with Crippen molar-refractivity contribution in [2.24, 2.45) is 7.05 Å². The molecule has 28 heavy (non-hydrogen) atoms. The molecule has 4 rings (SSSR count). The quantitative estimate of drug-likeness (QED) is 0.690. The van der Waals surface area contributed by atoms with E-state index in [1.807, 2.05) is 36.3 Å². The van der Waals surface area contributed by atoms with E-state index >= 15 is 0 Å². The number of aromatic nitrogens is 5. The van der Waals surface area contributed by atoms with Gasteiger partial charge in [0.2, 0.25) is 5.91 Å². The van der Waals surface area contributed by atoms with Gasteiger partial charge in [0.25, 0.3) is 0 Å². The molecule has 1 N–H and O–H groups in total. The van der Waals surface area contributed by atoms with E-state index in [0.717, 1.165) is 24.1 Å². The molecule has 0 aromatic carbocycles. The van der Waals surface area contributed by atoms with Crippen LogP contribution in [0.1, 0.15) is 30.1 Å². The van der Waals surface area contributed by atoms with Gasteiger partial charge in [-0.3, -0.25) is 14.5 Å². The molecule has 3 aromatic rings. The molecular formula is C20H21N7O. The Bertz CT molecular complexity index is 983. The first-order valence-electron chi connectivity index (χ1n) is 9.17. The van der Waals surface area contributed by atoms with Crippen molar-refractivity contribution in [3.63, 3.8) is 0 Å². The van der Waals surface area contributed by atoms with E-state index in [4.69, 9.17) is 0 Å². The van der Waals surface area contributed by atoms with E-state index in [1.165, 1.54) is 0 Å². The smallest absolute Gasteiger partial charge is 0.247 e. The van der Waals surface area contributed by atoms with E-state index in [9.17, 15) is 4.79 Å². The van der Waals surface area contributed by atoms with Crippen molar-refractivity contribution >= 4 is 23.6 Å². The lowest BCUT2D eigenvalue weighted by Gasteiger charge is -2.24. The topological polar surface area (TPSA) is 88.8 Å². The summed E-state index contributed by atoms with van der Waals surface area (Å²) in [6, 6.07) is 5.51. The average Bonchev–Trinajstić information content (AvgIpc) is 3.36. The molecule has 1 atom stereocenters. The van der Waals surface area contributed by atoms with Crippen LogP contribution in [0.25, 0.3) is 6.08 Å². The van der Waals surface area contributed by atoms with E-state index in [0.29, 0.717) is 18.2 Å². The second-order valence-corrected chi connectivity index (χ2v) is 6.60. The molecule has 1 saturated heterocycles. The van der Waals surface area contributed by atoms with E-state index < -0.39 is 0 Å². The molecule has 0 bridgehead atoms. The number of pyridine rings is 1. The van der Waals surface area contributed by atoms with Crippen molar-refractivity contribution in [2.75, 3.05) is 11.9 Å². The van der Waals surface area contributed by atoms with Crippen LogP contribution in [-0.2, 0) is 11.8 Å². The maximum absolute atomic E-state index is 12.8. The lowest BCUT2D eigenvalue weighted by molar-refractivity contribution is -0.126. The molecule has 4 heterocycles. The molecule has 8 nitrogen and oxygen atoms in total. The lowest BCUT2D eigenvalue weighted by Crippen LogP contribution is -2.30. The molecule has 142 valence electrons. The van der Waals surface area contributed by atoms with Crippen LogP contribution in [0.5, 0.6) is 0 Å². The number of nitrogens with zero attached hydrogens (tertiary/aromatic N) is 6. The maximum atomic E-state index is 12.8. The summed E-state index contributed by atoms with van der Waals surface area (Å²) in [7, 11) is 1.85. The van der Waals surface area contributed by atoms with Gasteiger partial charge < -0.3 is 10.2 Å². The van der Waals surface area contributed by atoms with Crippen LogP contribution in [0.4, 0.5) is 11.6 Å². The van der Waals surface area contributed by atoms with Gasteiger partial charge in [0.05, 0.1) is 12.2 Å². The van der Waals surface area contributed by atoms with Gasteiger partial charge in [-0.15, -0.1) is 0 Å². The van der Waals surface area contributed by atoms with Crippen LogP contribution in [0.2, 0.25) is 0 Å². The molecule has 8 heteroatoms. The third-order valence-electron chi connectivity index (χ3n) is 4.63. The molecular weight excluding hydrogens is 354 g/mol. The molecule has 1 amide bonds. The van der Waals surface area contributed by atoms with Crippen LogP contribution in [-0.4, -0.2) is 42.1 Å². The summed E-state index contributed by atoms with van der Waals surface area (Å²) >= 11 is 0. The third-order valence-corrected chi connectivity index (χ3v) is 4.63. The van der Waals surface area contributed by atoms with E-state index in [1.54, 1.807) is 41.6 Å². The second kappa shape index (κ2) is 7.99. The fourth-order valence-electron chi connectivity index (χ4n) is 3.35. The number of anilines is 2. The molecule has 1 aliphatic heterocycles. The third kappa shape index (κ3) is 3.90. The highest BCUT2D eigenvalue weighted by Crippen LogP contribution is 2.34. The standard InChI is InChI=1S/C20H21N7O/c1-26-14-15(13-24-26)7-8-18(28)27-12-4-5-16(27)19-20(23-11-10-22-19)25-17-6-2-3-9-21-17/h2-3,6-11,13-14,16H,4-5,12H2,1H3,(H,21,23,25)/b8-7+/t16-/m0/s1. The van der Waals surface area contributed by atoms with Crippen molar-refractivity contribution in [3.8, 4) is 0 Å². The Morgan fingerprint density at radius 1 is 1.21 bits per heavy atom. The fourth-order valence-corrected chi connectivity index (χ4v) is 3.35. The molecule has 1 aliphatic rings. The highest BCUT2D eigenvalue weighted by Gasteiger charge is 2.32. The summed E-state index contributed by atoms with van der Waals surface area (Å²) < 4.78 is 1.71. The van der Waals surface area contributed by atoms with Gasteiger partial charge >= 0.3 is 0 Å². The number of aryl methyl sites for hydroxylation is 1. The predicted molar refractivity (Wildman–Crippen MR) is 105 cm³/mol. The number of carbonyl (C=O) groups excluding carboxylic acids is 1. The van der Waals surface area contributed by atoms with Crippen LogP contribution < -0.4 is 5.32 Å². The highest BCUT2D eigenvalue weighted by atomic mass is 16.2. The van der Waals surface area contributed by atoms with Gasteiger partial charge in [0, 0.05) is 50.0 Å². The maximum Gasteiger partial charge on any atom is 0.247 e. The molecule has 0 aliphatic carbocycles. The van der Waals surface area contributed by atoms with Crippen molar-refractivity contribution in [1.29, 1.82) is 0 Å². The average molecular weight is 375 g/mol. The van der Waals surface area contributed by atoms with Gasteiger partial charge in [-0.1, -0.05) is 6.07 Å². The Morgan fingerprint density at radius 3 is 2.89 bits per heavy atom. The first kappa shape index (κ1) is 17.8. The zero-order chi connectivity index (χ0) is 19.3.